The van der Waals surface area contributed by atoms with Crippen molar-refractivity contribution in [3.05, 3.63) is 52.7 Å². The molecule has 1 aromatic carbocycles. The van der Waals surface area contributed by atoms with E-state index in [-0.39, 0.29) is 28.3 Å². The van der Waals surface area contributed by atoms with Gasteiger partial charge in [-0.1, -0.05) is 11.6 Å². The topological polar surface area (TPSA) is 68.7 Å². The van der Waals surface area contributed by atoms with Crippen LogP contribution in [0.3, 0.4) is 0 Å². The van der Waals surface area contributed by atoms with Gasteiger partial charge in [-0.2, -0.15) is 0 Å². The zero-order valence-corrected chi connectivity index (χ0v) is 12.3. The number of amides is 1. The van der Waals surface area contributed by atoms with E-state index >= 15 is 0 Å². The molecule has 7 heteroatoms. The number of nitrogen functional groups attached to an aromatic ring is 1. The minimum Gasteiger partial charge on any atom is -0.467 e. The van der Waals surface area contributed by atoms with E-state index in [0.29, 0.717) is 25.5 Å². The van der Waals surface area contributed by atoms with E-state index in [0.717, 1.165) is 6.07 Å². The van der Waals surface area contributed by atoms with Crippen LogP contribution in [0.2, 0.25) is 5.02 Å². The number of morpholine rings is 1. The number of halogens is 2. The highest BCUT2D eigenvalue weighted by molar-refractivity contribution is 6.31. The Bertz CT molecular complexity index is 690. The lowest BCUT2D eigenvalue weighted by Gasteiger charge is -2.32. The summed E-state index contributed by atoms with van der Waals surface area (Å²) in [5.74, 6) is -0.437. The molecule has 0 saturated carbocycles. The van der Waals surface area contributed by atoms with Crippen LogP contribution in [0.15, 0.2) is 34.9 Å². The summed E-state index contributed by atoms with van der Waals surface area (Å²) in [4.78, 5) is 14.1. The van der Waals surface area contributed by atoms with Gasteiger partial charge in [0, 0.05) is 11.6 Å². The van der Waals surface area contributed by atoms with Crippen molar-refractivity contribution in [2.24, 2.45) is 0 Å². The Kier molecular flexibility index (Phi) is 4.04. The maximum absolute atomic E-state index is 13.6. The Hall–Kier alpha value is -2.05. The number of ether oxygens (including phenoxy) is 1. The van der Waals surface area contributed by atoms with Gasteiger partial charge < -0.3 is 19.8 Å². The SMILES string of the molecule is Nc1c(F)cc(Cl)cc1C(=O)N1CCO[C@H](c2ccco2)C1. The highest BCUT2D eigenvalue weighted by Crippen LogP contribution is 2.27. The zero-order chi connectivity index (χ0) is 15.7. The van der Waals surface area contributed by atoms with Gasteiger partial charge in [0.1, 0.15) is 17.7 Å². The number of benzene rings is 1. The Balaban J connectivity index is 1.83. The number of hydrogen-bond donors (Lipinski definition) is 1. The summed E-state index contributed by atoms with van der Waals surface area (Å²) in [6, 6.07) is 5.99. The molecule has 1 amide bonds. The van der Waals surface area contributed by atoms with E-state index in [4.69, 9.17) is 26.5 Å². The van der Waals surface area contributed by atoms with Crippen molar-refractivity contribution in [1.82, 2.24) is 4.90 Å². The minimum atomic E-state index is -0.702. The second-order valence-corrected chi connectivity index (χ2v) is 5.41. The fourth-order valence-electron chi connectivity index (χ4n) is 2.41. The number of rotatable bonds is 2. The first-order chi connectivity index (χ1) is 10.6. The van der Waals surface area contributed by atoms with Crippen LogP contribution in [0, 0.1) is 5.82 Å². The molecule has 0 unspecified atom stereocenters. The summed E-state index contributed by atoms with van der Waals surface area (Å²) in [7, 11) is 0. The Morgan fingerprint density at radius 1 is 1.45 bits per heavy atom. The molecule has 22 heavy (non-hydrogen) atoms. The van der Waals surface area contributed by atoms with Crippen molar-refractivity contribution in [2.45, 2.75) is 6.10 Å². The lowest BCUT2D eigenvalue weighted by molar-refractivity contribution is -0.0321. The fraction of sp³-hybridized carbons (Fsp3) is 0.267. The molecule has 0 spiro atoms. The molecule has 1 saturated heterocycles. The van der Waals surface area contributed by atoms with Crippen LogP contribution in [0.25, 0.3) is 0 Å². The molecule has 1 aromatic heterocycles. The van der Waals surface area contributed by atoms with Gasteiger partial charge in [-0.3, -0.25) is 4.79 Å². The van der Waals surface area contributed by atoms with E-state index in [2.05, 4.69) is 0 Å². The van der Waals surface area contributed by atoms with Crippen LogP contribution >= 0.6 is 11.6 Å². The van der Waals surface area contributed by atoms with Crippen molar-refractivity contribution in [3.63, 3.8) is 0 Å². The molecular weight excluding hydrogens is 311 g/mol. The van der Waals surface area contributed by atoms with Gasteiger partial charge in [0.05, 0.1) is 30.7 Å². The first-order valence-electron chi connectivity index (χ1n) is 6.75. The summed E-state index contributed by atoms with van der Waals surface area (Å²) < 4.78 is 24.5. The average Bonchev–Trinajstić information content (AvgIpc) is 3.05. The largest absolute Gasteiger partial charge is 0.467 e. The lowest BCUT2D eigenvalue weighted by Crippen LogP contribution is -2.42. The second-order valence-electron chi connectivity index (χ2n) is 4.97. The molecule has 5 nitrogen and oxygen atoms in total. The molecule has 0 aliphatic carbocycles. The molecular formula is C15H14ClFN2O3. The van der Waals surface area contributed by atoms with Crippen molar-refractivity contribution in [2.75, 3.05) is 25.4 Å². The maximum Gasteiger partial charge on any atom is 0.256 e. The number of nitrogens with two attached hydrogens (primary N) is 1. The summed E-state index contributed by atoms with van der Waals surface area (Å²) in [6.07, 6.45) is 1.20. The standard InChI is InChI=1S/C15H14ClFN2O3/c16-9-6-10(14(18)11(17)7-9)15(20)19-3-5-22-13(8-19)12-2-1-4-21-12/h1-2,4,6-7,13H,3,5,8,18H2/t13-/m0/s1. The third kappa shape index (κ3) is 2.80. The predicted molar refractivity (Wildman–Crippen MR) is 79.1 cm³/mol. The quantitative estimate of drug-likeness (QED) is 0.862. The van der Waals surface area contributed by atoms with E-state index in [1.54, 1.807) is 23.3 Å². The van der Waals surface area contributed by atoms with Gasteiger partial charge in [-0.05, 0) is 24.3 Å². The molecule has 1 aliphatic rings. The van der Waals surface area contributed by atoms with Gasteiger partial charge in [-0.25, -0.2) is 4.39 Å². The number of nitrogens with zero attached hydrogens (tertiary/aromatic N) is 1. The molecule has 1 aliphatic heterocycles. The van der Waals surface area contributed by atoms with Gasteiger partial charge in [0.15, 0.2) is 0 Å². The molecule has 1 atom stereocenters. The van der Waals surface area contributed by atoms with Gasteiger partial charge in [0.25, 0.3) is 5.91 Å². The van der Waals surface area contributed by atoms with Crippen molar-refractivity contribution < 1.29 is 18.3 Å². The first-order valence-corrected chi connectivity index (χ1v) is 7.13. The number of carbonyl (C=O) groups excluding carboxylic acids is 1. The van der Waals surface area contributed by atoms with Gasteiger partial charge in [0.2, 0.25) is 0 Å². The van der Waals surface area contributed by atoms with Gasteiger partial charge in [-0.15, -0.1) is 0 Å². The van der Waals surface area contributed by atoms with Crippen molar-refractivity contribution in [1.29, 1.82) is 0 Å². The van der Waals surface area contributed by atoms with E-state index in [1.165, 1.54) is 6.07 Å². The highest BCUT2D eigenvalue weighted by Gasteiger charge is 2.29. The molecule has 1 fully saturated rings. The maximum atomic E-state index is 13.6. The Morgan fingerprint density at radius 3 is 3.00 bits per heavy atom. The van der Waals surface area contributed by atoms with E-state index < -0.39 is 5.82 Å². The number of anilines is 1. The average molecular weight is 325 g/mol. The van der Waals surface area contributed by atoms with Crippen LogP contribution in [0.5, 0.6) is 0 Å². The Morgan fingerprint density at radius 2 is 2.27 bits per heavy atom. The lowest BCUT2D eigenvalue weighted by atomic mass is 10.1. The predicted octanol–water partition coefficient (Wildman–Crippen LogP) is 2.87. The van der Waals surface area contributed by atoms with Gasteiger partial charge >= 0.3 is 0 Å². The molecule has 3 rings (SSSR count). The Labute approximate surface area is 131 Å². The minimum absolute atomic E-state index is 0.0603. The smallest absolute Gasteiger partial charge is 0.256 e. The number of furan rings is 1. The fourth-order valence-corrected chi connectivity index (χ4v) is 2.62. The van der Waals surface area contributed by atoms with Crippen molar-refractivity contribution in [3.8, 4) is 0 Å². The highest BCUT2D eigenvalue weighted by atomic mass is 35.5. The molecule has 2 aromatic rings. The number of carbonyl (C=O) groups is 1. The van der Waals surface area contributed by atoms with Crippen LogP contribution in [0.1, 0.15) is 22.2 Å². The third-order valence-corrected chi connectivity index (χ3v) is 3.76. The normalized spacial score (nSPS) is 18.5. The number of hydrogen-bond acceptors (Lipinski definition) is 4. The monoisotopic (exact) mass is 324 g/mol. The molecule has 2 N–H and O–H groups in total. The molecule has 2 heterocycles. The van der Waals surface area contributed by atoms with Crippen LogP contribution in [-0.4, -0.2) is 30.5 Å². The summed E-state index contributed by atoms with van der Waals surface area (Å²) in [6.45, 7) is 1.06. The van der Waals surface area contributed by atoms with Crippen LogP contribution < -0.4 is 5.73 Å². The third-order valence-electron chi connectivity index (χ3n) is 3.54. The summed E-state index contributed by atoms with van der Waals surface area (Å²) in [5, 5.41) is 0.130. The van der Waals surface area contributed by atoms with Crippen molar-refractivity contribution >= 4 is 23.2 Å². The zero-order valence-electron chi connectivity index (χ0n) is 11.6. The molecule has 0 radical (unpaired) electrons. The molecule has 0 bridgehead atoms. The van der Waals surface area contributed by atoms with Crippen LogP contribution in [0.4, 0.5) is 10.1 Å². The first kappa shape index (κ1) is 14.9. The summed E-state index contributed by atoms with van der Waals surface area (Å²) in [5.41, 5.74) is 5.52. The molecule has 116 valence electrons. The van der Waals surface area contributed by atoms with E-state index in [9.17, 15) is 9.18 Å². The second kappa shape index (κ2) is 5.98. The summed E-state index contributed by atoms with van der Waals surface area (Å²) >= 11 is 5.81. The van der Waals surface area contributed by atoms with E-state index in [1.807, 2.05) is 0 Å². The van der Waals surface area contributed by atoms with Crippen LogP contribution in [-0.2, 0) is 4.74 Å².